The predicted octanol–water partition coefficient (Wildman–Crippen LogP) is 2.10. The monoisotopic (exact) mass is 240 g/mol. The van der Waals surface area contributed by atoms with Gasteiger partial charge in [0.1, 0.15) is 5.75 Å². The van der Waals surface area contributed by atoms with Crippen molar-refractivity contribution in [2.75, 3.05) is 13.7 Å². The summed E-state index contributed by atoms with van der Waals surface area (Å²) in [7, 11) is 1.61. The molecule has 88 valence electrons. The molecule has 16 heavy (non-hydrogen) atoms. The predicted molar refractivity (Wildman–Crippen MR) is 66.0 cm³/mol. The fraction of sp³-hybridized carbons (Fsp3) is 0.500. The highest BCUT2D eigenvalue weighted by Crippen LogP contribution is 2.29. The SMILES string of the molecule is COc1ccc(C(N)C2CCCN2)cc1Cl. The van der Waals surface area contributed by atoms with E-state index in [1.807, 2.05) is 18.2 Å². The number of ether oxygens (including phenoxy) is 1. The number of hydrogen-bond acceptors (Lipinski definition) is 3. The molecular weight excluding hydrogens is 224 g/mol. The van der Waals surface area contributed by atoms with E-state index in [-0.39, 0.29) is 6.04 Å². The van der Waals surface area contributed by atoms with Crippen LogP contribution in [0.3, 0.4) is 0 Å². The molecule has 1 aliphatic rings. The Labute approximate surface area is 101 Å². The van der Waals surface area contributed by atoms with Crippen molar-refractivity contribution < 1.29 is 4.74 Å². The van der Waals surface area contributed by atoms with E-state index in [0.717, 1.165) is 18.5 Å². The van der Waals surface area contributed by atoms with Gasteiger partial charge in [-0.3, -0.25) is 0 Å². The Balaban J connectivity index is 2.16. The van der Waals surface area contributed by atoms with Crippen molar-refractivity contribution in [1.29, 1.82) is 0 Å². The molecule has 3 nitrogen and oxygen atoms in total. The highest BCUT2D eigenvalue weighted by Gasteiger charge is 2.23. The number of nitrogens with one attached hydrogen (secondary N) is 1. The molecule has 1 aromatic carbocycles. The third-order valence-electron chi connectivity index (χ3n) is 3.09. The minimum Gasteiger partial charge on any atom is -0.495 e. The molecule has 0 aliphatic carbocycles. The molecule has 2 atom stereocenters. The van der Waals surface area contributed by atoms with Gasteiger partial charge in [0.25, 0.3) is 0 Å². The van der Waals surface area contributed by atoms with Crippen LogP contribution >= 0.6 is 11.6 Å². The van der Waals surface area contributed by atoms with E-state index in [9.17, 15) is 0 Å². The molecule has 2 unspecified atom stereocenters. The highest BCUT2D eigenvalue weighted by atomic mass is 35.5. The van der Waals surface area contributed by atoms with Crippen LogP contribution in [0.25, 0.3) is 0 Å². The minimum absolute atomic E-state index is 0.00547. The van der Waals surface area contributed by atoms with Gasteiger partial charge in [-0.2, -0.15) is 0 Å². The van der Waals surface area contributed by atoms with Gasteiger partial charge in [0.2, 0.25) is 0 Å². The van der Waals surface area contributed by atoms with Crippen LogP contribution in [0, 0.1) is 0 Å². The van der Waals surface area contributed by atoms with Gasteiger partial charge >= 0.3 is 0 Å². The fourth-order valence-corrected chi connectivity index (χ4v) is 2.41. The van der Waals surface area contributed by atoms with E-state index in [2.05, 4.69) is 5.32 Å². The number of rotatable bonds is 3. The Morgan fingerprint density at radius 2 is 2.38 bits per heavy atom. The molecule has 1 aromatic rings. The second kappa shape index (κ2) is 5.04. The molecular formula is C12H17ClN2O. The molecule has 0 spiro atoms. The smallest absolute Gasteiger partial charge is 0.137 e. The summed E-state index contributed by atoms with van der Waals surface area (Å²) in [5.41, 5.74) is 7.26. The Morgan fingerprint density at radius 1 is 1.56 bits per heavy atom. The Kier molecular flexibility index (Phi) is 3.69. The van der Waals surface area contributed by atoms with Crippen LogP contribution in [0.2, 0.25) is 5.02 Å². The first-order chi connectivity index (χ1) is 7.72. The Hall–Kier alpha value is -0.770. The van der Waals surface area contributed by atoms with Crippen LogP contribution in [0.1, 0.15) is 24.4 Å². The van der Waals surface area contributed by atoms with Gasteiger partial charge in [-0.1, -0.05) is 17.7 Å². The third-order valence-corrected chi connectivity index (χ3v) is 3.39. The zero-order chi connectivity index (χ0) is 11.5. The van der Waals surface area contributed by atoms with E-state index in [1.54, 1.807) is 7.11 Å². The maximum absolute atomic E-state index is 6.20. The van der Waals surface area contributed by atoms with Gasteiger partial charge in [0, 0.05) is 12.1 Å². The van der Waals surface area contributed by atoms with Crippen LogP contribution in [0.4, 0.5) is 0 Å². The van der Waals surface area contributed by atoms with Gasteiger partial charge < -0.3 is 15.8 Å². The van der Waals surface area contributed by atoms with E-state index in [4.69, 9.17) is 22.1 Å². The molecule has 1 fully saturated rings. The second-order valence-electron chi connectivity index (χ2n) is 4.12. The number of halogens is 1. The molecule has 1 saturated heterocycles. The van der Waals surface area contributed by atoms with Crippen LogP contribution in [0.5, 0.6) is 5.75 Å². The lowest BCUT2D eigenvalue weighted by Crippen LogP contribution is -2.34. The van der Waals surface area contributed by atoms with Gasteiger partial charge in [0.15, 0.2) is 0 Å². The van der Waals surface area contributed by atoms with E-state index in [1.165, 1.54) is 6.42 Å². The lowest BCUT2D eigenvalue weighted by molar-refractivity contribution is 0.414. The van der Waals surface area contributed by atoms with Crippen molar-refractivity contribution in [3.8, 4) is 5.75 Å². The molecule has 0 saturated carbocycles. The average Bonchev–Trinajstić information content (AvgIpc) is 2.81. The van der Waals surface area contributed by atoms with Crippen LogP contribution in [-0.2, 0) is 0 Å². The molecule has 0 amide bonds. The topological polar surface area (TPSA) is 47.3 Å². The molecule has 0 radical (unpaired) electrons. The molecule has 4 heteroatoms. The molecule has 3 N–H and O–H groups in total. The van der Waals surface area contributed by atoms with Crippen LogP contribution < -0.4 is 15.8 Å². The van der Waals surface area contributed by atoms with Crippen LogP contribution in [0.15, 0.2) is 18.2 Å². The summed E-state index contributed by atoms with van der Waals surface area (Å²) >= 11 is 6.08. The third kappa shape index (κ3) is 2.32. The zero-order valence-electron chi connectivity index (χ0n) is 9.37. The fourth-order valence-electron chi connectivity index (χ4n) is 2.14. The van der Waals surface area contributed by atoms with Gasteiger partial charge in [-0.15, -0.1) is 0 Å². The standard InChI is InChI=1S/C12H17ClN2O/c1-16-11-5-4-8(7-9(11)13)12(14)10-3-2-6-15-10/h4-5,7,10,12,15H,2-3,6,14H2,1H3. The minimum atomic E-state index is 0.00547. The number of benzene rings is 1. The summed E-state index contributed by atoms with van der Waals surface area (Å²) in [5.74, 6) is 0.692. The summed E-state index contributed by atoms with van der Waals surface area (Å²) in [4.78, 5) is 0. The Bertz CT molecular complexity index is 364. The first kappa shape index (κ1) is 11.7. The molecule has 2 rings (SSSR count). The summed E-state index contributed by atoms with van der Waals surface area (Å²) in [6.45, 7) is 1.06. The quantitative estimate of drug-likeness (QED) is 0.851. The lowest BCUT2D eigenvalue weighted by atomic mass is 9.99. The molecule has 1 aliphatic heterocycles. The van der Waals surface area contributed by atoms with Crippen molar-refractivity contribution in [2.45, 2.75) is 24.9 Å². The first-order valence-corrected chi connectivity index (χ1v) is 5.92. The summed E-state index contributed by atoms with van der Waals surface area (Å²) in [5, 5.41) is 4.02. The molecule has 1 heterocycles. The van der Waals surface area contributed by atoms with Gasteiger partial charge in [-0.05, 0) is 37.1 Å². The lowest BCUT2D eigenvalue weighted by Gasteiger charge is -2.20. The van der Waals surface area contributed by atoms with Crippen molar-refractivity contribution in [2.24, 2.45) is 5.73 Å². The number of methoxy groups -OCH3 is 1. The summed E-state index contributed by atoms with van der Waals surface area (Å²) in [6.07, 6.45) is 2.33. The second-order valence-corrected chi connectivity index (χ2v) is 4.53. The molecule has 0 bridgehead atoms. The average molecular weight is 241 g/mol. The van der Waals surface area contributed by atoms with Crippen molar-refractivity contribution in [1.82, 2.24) is 5.32 Å². The largest absolute Gasteiger partial charge is 0.495 e. The first-order valence-electron chi connectivity index (χ1n) is 5.55. The Morgan fingerprint density at radius 3 is 2.94 bits per heavy atom. The van der Waals surface area contributed by atoms with E-state index >= 15 is 0 Å². The highest BCUT2D eigenvalue weighted by molar-refractivity contribution is 6.32. The van der Waals surface area contributed by atoms with Crippen molar-refractivity contribution in [3.05, 3.63) is 28.8 Å². The van der Waals surface area contributed by atoms with Crippen molar-refractivity contribution >= 4 is 11.6 Å². The maximum Gasteiger partial charge on any atom is 0.137 e. The summed E-state index contributed by atoms with van der Waals surface area (Å²) < 4.78 is 5.12. The van der Waals surface area contributed by atoms with Crippen molar-refractivity contribution in [3.63, 3.8) is 0 Å². The van der Waals surface area contributed by atoms with E-state index in [0.29, 0.717) is 16.8 Å². The normalized spacial score (nSPS) is 22.1. The maximum atomic E-state index is 6.20. The van der Waals surface area contributed by atoms with Crippen LogP contribution in [-0.4, -0.2) is 19.7 Å². The summed E-state index contributed by atoms with van der Waals surface area (Å²) in [6, 6.07) is 6.11. The number of nitrogens with two attached hydrogens (primary N) is 1. The zero-order valence-corrected chi connectivity index (χ0v) is 10.1. The molecule has 0 aromatic heterocycles. The van der Waals surface area contributed by atoms with Gasteiger partial charge in [0.05, 0.1) is 12.1 Å². The number of hydrogen-bond donors (Lipinski definition) is 2. The van der Waals surface area contributed by atoms with Gasteiger partial charge in [-0.25, -0.2) is 0 Å². The van der Waals surface area contributed by atoms with E-state index < -0.39 is 0 Å².